The summed E-state index contributed by atoms with van der Waals surface area (Å²) in [4.78, 5) is 0. The third-order valence-electron chi connectivity index (χ3n) is 4.43. The average Bonchev–Trinajstić information content (AvgIpc) is 3.03. The molecule has 3 aromatic rings. The van der Waals surface area contributed by atoms with E-state index in [1.165, 1.54) is 5.56 Å². The molecule has 2 aromatic heterocycles. The van der Waals surface area contributed by atoms with E-state index in [9.17, 15) is 0 Å². The molecule has 1 N–H and O–H groups in total. The molecule has 1 aliphatic heterocycles. The van der Waals surface area contributed by atoms with Gasteiger partial charge in [0.05, 0.1) is 5.02 Å². The van der Waals surface area contributed by atoms with Crippen LogP contribution in [-0.2, 0) is 0 Å². The summed E-state index contributed by atoms with van der Waals surface area (Å²) in [5.41, 5.74) is 3.02. The van der Waals surface area contributed by atoms with E-state index in [2.05, 4.69) is 11.4 Å². The van der Waals surface area contributed by atoms with Crippen molar-refractivity contribution in [3.63, 3.8) is 0 Å². The molecular weight excluding hydrogens is 286 g/mol. The molecule has 1 aromatic carbocycles. The molecule has 1 saturated heterocycles. The molecule has 4 rings (SSSR count). The fourth-order valence-corrected chi connectivity index (χ4v) is 3.80. The van der Waals surface area contributed by atoms with Crippen LogP contribution in [0.5, 0.6) is 0 Å². The van der Waals surface area contributed by atoms with Gasteiger partial charge in [0.15, 0.2) is 5.58 Å². The van der Waals surface area contributed by atoms with Gasteiger partial charge in [0.2, 0.25) is 0 Å². The number of furan rings is 2. The van der Waals surface area contributed by atoms with Crippen LogP contribution in [0, 0.1) is 13.8 Å². The van der Waals surface area contributed by atoms with Crippen LogP contribution in [0.1, 0.15) is 35.8 Å². The first-order chi connectivity index (χ1) is 10.1. The highest BCUT2D eigenvalue weighted by Gasteiger charge is 2.26. The van der Waals surface area contributed by atoms with Crippen LogP contribution in [0.25, 0.3) is 21.9 Å². The maximum absolute atomic E-state index is 6.55. The zero-order valence-corrected chi connectivity index (χ0v) is 13.0. The Morgan fingerprint density at radius 3 is 2.33 bits per heavy atom. The van der Waals surface area contributed by atoms with E-state index in [0.29, 0.717) is 10.9 Å². The summed E-state index contributed by atoms with van der Waals surface area (Å²) < 4.78 is 11.9. The van der Waals surface area contributed by atoms with Crippen molar-refractivity contribution in [2.45, 2.75) is 32.6 Å². The van der Waals surface area contributed by atoms with Gasteiger partial charge in [0.25, 0.3) is 0 Å². The largest absolute Gasteiger partial charge is 0.461 e. The van der Waals surface area contributed by atoms with Crippen LogP contribution in [0.2, 0.25) is 5.02 Å². The minimum absolute atomic E-state index is 0.496. The molecule has 110 valence electrons. The van der Waals surface area contributed by atoms with Gasteiger partial charge < -0.3 is 14.2 Å². The van der Waals surface area contributed by atoms with Gasteiger partial charge in [-0.05, 0) is 57.8 Å². The van der Waals surface area contributed by atoms with Gasteiger partial charge in [0, 0.05) is 16.3 Å². The quantitative estimate of drug-likeness (QED) is 0.693. The van der Waals surface area contributed by atoms with Crippen LogP contribution >= 0.6 is 11.6 Å². The lowest BCUT2D eigenvalue weighted by Gasteiger charge is -2.23. The zero-order valence-electron chi connectivity index (χ0n) is 12.3. The SMILES string of the molecule is Cc1cc2c(C3CCNCC3)c3oc(C)cc3c(Cl)c2o1. The summed E-state index contributed by atoms with van der Waals surface area (Å²) in [6, 6.07) is 4.11. The molecule has 1 aliphatic rings. The Bertz CT molecular complexity index is 767. The lowest BCUT2D eigenvalue weighted by molar-refractivity contribution is 0.458. The molecule has 0 atom stereocenters. The number of hydrogen-bond donors (Lipinski definition) is 1. The molecule has 0 unspecified atom stereocenters. The smallest absolute Gasteiger partial charge is 0.154 e. The highest BCUT2D eigenvalue weighted by molar-refractivity contribution is 6.40. The molecule has 1 fully saturated rings. The van der Waals surface area contributed by atoms with Crippen molar-refractivity contribution in [1.82, 2.24) is 5.32 Å². The van der Waals surface area contributed by atoms with Gasteiger partial charge in [-0.1, -0.05) is 11.6 Å². The van der Waals surface area contributed by atoms with Crippen LogP contribution in [-0.4, -0.2) is 13.1 Å². The second-order valence-corrected chi connectivity index (χ2v) is 6.33. The van der Waals surface area contributed by atoms with Gasteiger partial charge in [-0.25, -0.2) is 0 Å². The molecule has 4 heteroatoms. The number of halogens is 1. The predicted octanol–water partition coefficient (Wildman–Crippen LogP) is 4.92. The minimum atomic E-state index is 0.496. The van der Waals surface area contributed by atoms with Gasteiger partial charge in [0.1, 0.15) is 17.1 Å². The molecule has 0 aliphatic carbocycles. The summed E-state index contributed by atoms with van der Waals surface area (Å²) >= 11 is 6.55. The molecule has 0 bridgehead atoms. The van der Waals surface area contributed by atoms with Crippen molar-refractivity contribution in [2.24, 2.45) is 0 Å². The maximum atomic E-state index is 6.55. The lowest BCUT2D eigenvalue weighted by Crippen LogP contribution is -2.26. The summed E-state index contributed by atoms with van der Waals surface area (Å²) in [6.07, 6.45) is 2.24. The number of hydrogen-bond acceptors (Lipinski definition) is 3. The highest BCUT2D eigenvalue weighted by Crippen LogP contribution is 2.44. The average molecular weight is 304 g/mol. The fraction of sp³-hybridized carbons (Fsp3) is 0.412. The fourth-order valence-electron chi connectivity index (χ4n) is 3.52. The number of aryl methyl sites for hydroxylation is 2. The van der Waals surface area contributed by atoms with Crippen LogP contribution in [0.3, 0.4) is 0 Å². The molecule has 3 nitrogen and oxygen atoms in total. The Hall–Kier alpha value is -1.45. The second-order valence-electron chi connectivity index (χ2n) is 5.95. The number of fused-ring (bicyclic) bond motifs is 2. The van der Waals surface area contributed by atoms with Crippen LogP contribution < -0.4 is 5.32 Å². The number of benzene rings is 1. The van der Waals surface area contributed by atoms with Gasteiger partial charge in [-0.3, -0.25) is 0 Å². The van der Waals surface area contributed by atoms with Crippen LogP contribution in [0.4, 0.5) is 0 Å². The summed E-state index contributed by atoms with van der Waals surface area (Å²) in [7, 11) is 0. The number of rotatable bonds is 1. The van der Waals surface area contributed by atoms with Crippen molar-refractivity contribution in [3.8, 4) is 0 Å². The second kappa shape index (κ2) is 4.79. The monoisotopic (exact) mass is 303 g/mol. The third kappa shape index (κ3) is 1.99. The number of nitrogens with one attached hydrogen (secondary N) is 1. The first-order valence-corrected chi connectivity index (χ1v) is 7.85. The normalized spacial score (nSPS) is 17.1. The van der Waals surface area contributed by atoms with E-state index < -0.39 is 0 Å². The van der Waals surface area contributed by atoms with Gasteiger partial charge in [-0.2, -0.15) is 0 Å². The molecular formula is C17H18ClNO2. The molecule has 0 radical (unpaired) electrons. The summed E-state index contributed by atoms with van der Waals surface area (Å²) in [5, 5.41) is 6.18. The van der Waals surface area contributed by atoms with E-state index in [4.69, 9.17) is 20.4 Å². The molecule has 21 heavy (non-hydrogen) atoms. The molecule has 3 heterocycles. The van der Waals surface area contributed by atoms with Gasteiger partial charge in [-0.15, -0.1) is 0 Å². The Morgan fingerprint density at radius 2 is 1.62 bits per heavy atom. The van der Waals surface area contributed by atoms with E-state index in [-0.39, 0.29) is 0 Å². The van der Waals surface area contributed by atoms with Crippen molar-refractivity contribution in [1.29, 1.82) is 0 Å². The topological polar surface area (TPSA) is 38.3 Å². The van der Waals surface area contributed by atoms with Crippen LogP contribution in [0.15, 0.2) is 21.0 Å². The molecule has 0 amide bonds. The number of piperidine rings is 1. The Kier molecular flexibility index (Phi) is 3.02. The Labute approximate surface area is 128 Å². The highest BCUT2D eigenvalue weighted by atomic mass is 35.5. The van der Waals surface area contributed by atoms with E-state index in [1.807, 2.05) is 19.9 Å². The van der Waals surface area contributed by atoms with E-state index in [0.717, 1.165) is 59.4 Å². The van der Waals surface area contributed by atoms with E-state index >= 15 is 0 Å². The van der Waals surface area contributed by atoms with Crippen molar-refractivity contribution < 1.29 is 8.83 Å². The first kappa shape index (κ1) is 13.2. The van der Waals surface area contributed by atoms with Gasteiger partial charge >= 0.3 is 0 Å². The maximum Gasteiger partial charge on any atom is 0.154 e. The lowest BCUT2D eigenvalue weighted by atomic mass is 9.87. The zero-order chi connectivity index (χ0) is 14.6. The third-order valence-corrected chi connectivity index (χ3v) is 4.80. The Balaban J connectivity index is 2.09. The minimum Gasteiger partial charge on any atom is -0.461 e. The standard InChI is InChI=1S/C17H18ClNO2/c1-9-7-12-14(11-3-5-19-6-4-11)16-13(8-10(2)20-16)15(18)17(12)21-9/h7-8,11,19H,3-6H2,1-2H3. The molecule has 0 spiro atoms. The van der Waals surface area contributed by atoms with Crippen molar-refractivity contribution >= 4 is 33.5 Å². The van der Waals surface area contributed by atoms with Crippen molar-refractivity contribution in [3.05, 3.63) is 34.2 Å². The van der Waals surface area contributed by atoms with E-state index in [1.54, 1.807) is 0 Å². The Morgan fingerprint density at radius 1 is 1.00 bits per heavy atom. The first-order valence-electron chi connectivity index (χ1n) is 7.47. The summed E-state index contributed by atoms with van der Waals surface area (Å²) in [6.45, 7) is 6.03. The summed E-state index contributed by atoms with van der Waals surface area (Å²) in [5.74, 6) is 2.29. The predicted molar refractivity (Wildman–Crippen MR) is 85.3 cm³/mol. The molecule has 0 saturated carbocycles. The van der Waals surface area contributed by atoms with Crippen molar-refractivity contribution in [2.75, 3.05) is 13.1 Å².